The Hall–Kier alpha value is -0.850. The van der Waals surface area contributed by atoms with E-state index in [4.69, 9.17) is 0 Å². The molecular formula is C23H38O. The van der Waals surface area contributed by atoms with Gasteiger partial charge in [-0.25, -0.2) is 0 Å². The maximum atomic E-state index is 11.3. The molecule has 0 heterocycles. The molecule has 0 aromatic carbocycles. The highest BCUT2D eigenvalue weighted by Gasteiger charge is 2.33. The zero-order chi connectivity index (χ0) is 17.7. The summed E-state index contributed by atoms with van der Waals surface area (Å²) in [7, 11) is 0. The van der Waals surface area contributed by atoms with E-state index >= 15 is 0 Å². The first-order valence-electron chi connectivity index (χ1n) is 10.3. The van der Waals surface area contributed by atoms with Gasteiger partial charge in [0.15, 0.2) is 0 Å². The summed E-state index contributed by atoms with van der Waals surface area (Å²) in [5, 5.41) is 0. The Morgan fingerprint density at radius 2 is 2.04 bits per heavy atom. The van der Waals surface area contributed by atoms with Crippen LogP contribution in [0.3, 0.4) is 0 Å². The van der Waals surface area contributed by atoms with Crippen LogP contribution < -0.4 is 0 Å². The quantitative estimate of drug-likeness (QED) is 0.490. The van der Waals surface area contributed by atoms with Gasteiger partial charge < -0.3 is 4.79 Å². The molecule has 2 aliphatic carbocycles. The van der Waals surface area contributed by atoms with Gasteiger partial charge in [-0.15, -0.1) is 0 Å². The first-order valence-corrected chi connectivity index (χ1v) is 10.3. The van der Waals surface area contributed by atoms with E-state index < -0.39 is 0 Å². The van der Waals surface area contributed by atoms with Gasteiger partial charge in [-0.2, -0.15) is 0 Å². The molecule has 1 nitrogen and oxygen atoms in total. The average Bonchev–Trinajstić information content (AvgIpc) is 2.52. The summed E-state index contributed by atoms with van der Waals surface area (Å²) in [5.74, 6) is 4.77. The van der Waals surface area contributed by atoms with Gasteiger partial charge in [-0.05, 0) is 73.7 Å². The SMILES string of the molecule is CCC(CCC1C(C)C=CC2=CC(C)CCC21)CC(C)CC(C)=O. The summed E-state index contributed by atoms with van der Waals surface area (Å²) in [6.45, 7) is 11.1. The van der Waals surface area contributed by atoms with E-state index in [1.54, 1.807) is 12.5 Å². The fourth-order valence-electron chi connectivity index (χ4n) is 5.08. The molecule has 136 valence electrons. The number of carbonyl (C=O) groups is 1. The molecule has 0 aliphatic heterocycles. The molecule has 2 aliphatic rings. The van der Waals surface area contributed by atoms with Crippen LogP contribution in [0.15, 0.2) is 23.8 Å². The van der Waals surface area contributed by atoms with Crippen LogP contribution in [0.25, 0.3) is 0 Å². The van der Waals surface area contributed by atoms with Crippen molar-refractivity contribution >= 4 is 5.78 Å². The average molecular weight is 331 g/mol. The number of carbonyl (C=O) groups excluding carboxylic acids is 1. The normalized spacial score (nSPS) is 32.0. The topological polar surface area (TPSA) is 17.1 Å². The molecule has 0 fully saturated rings. The highest BCUT2D eigenvalue weighted by Crippen LogP contribution is 2.44. The van der Waals surface area contributed by atoms with Gasteiger partial charge in [0.2, 0.25) is 0 Å². The molecule has 0 bridgehead atoms. The molecule has 0 spiro atoms. The minimum atomic E-state index is 0.342. The monoisotopic (exact) mass is 330 g/mol. The minimum Gasteiger partial charge on any atom is -0.300 e. The fraction of sp³-hybridized carbons (Fsp3) is 0.783. The van der Waals surface area contributed by atoms with Crippen LogP contribution in [-0.4, -0.2) is 5.78 Å². The Labute approximate surface area is 150 Å². The highest BCUT2D eigenvalue weighted by atomic mass is 16.1. The Bertz CT molecular complexity index is 472. The summed E-state index contributed by atoms with van der Waals surface area (Å²) in [6, 6.07) is 0. The molecule has 1 heteroatoms. The van der Waals surface area contributed by atoms with Gasteiger partial charge in [-0.1, -0.05) is 58.8 Å². The lowest BCUT2D eigenvalue weighted by molar-refractivity contribution is -0.117. The van der Waals surface area contributed by atoms with Gasteiger partial charge in [0, 0.05) is 6.42 Å². The zero-order valence-corrected chi connectivity index (χ0v) is 16.6. The zero-order valence-electron chi connectivity index (χ0n) is 16.6. The Morgan fingerprint density at radius 1 is 1.29 bits per heavy atom. The summed E-state index contributed by atoms with van der Waals surface area (Å²) in [4.78, 5) is 11.3. The largest absolute Gasteiger partial charge is 0.300 e. The van der Waals surface area contributed by atoms with E-state index in [0.29, 0.717) is 17.6 Å². The van der Waals surface area contributed by atoms with Gasteiger partial charge >= 0.3 is 0 Å². The van der Waals surface area contributed by atoms with Crippen LogP contribution in [0.2, 0.25) is 0 Å². The number of hydrogen-bond donors (Lipinski definition) is 0. The number of ketones is 1. The lowest BCUT2D eigenvalue weighted by atomic mass is 9.66. The molecular weight excluding hydrogens is 292 g/mol. The van der Waals surface area contributed by atoms with Crippen molar-refractivity contribution in [3.63, 3.8) is 0 Å². The molecule has 0 saturated heterocycles. The summed E-state index contributed by atoms with van der Waals surface area (Å²) in [6.07, 6.45) is 16.0. The van der Waals surface area contributed by atoms with Crippen molar-refractivity contribution in [2.75, 3.05) is 0 Å². The maximum absolute atomic E-state index is 11.3. The summed E-state index contributed by atoms with van der Waals surface area (Å²) < 4.78 is 0. The first kappa shape index (κ1) is 19.5. The van der Waals surface area contributed by atoms with E-state index in [9.17, 15) is 4.79 Å². The number of fused-ring (bicyclic) bond motifs is 1. The third kappa shape index (κ3) is 5.33. The van der Waals surface area contributed by atoms with E-state index in [1.165, 1.54) is 38.5 Å². The van der Waals surface area contributed by atoms with Gasteiger partial charge in [-0.3, -0.25) is 0 Å². The van der Waals surface area contributed by atoms with Gasteiger partial charge in [0.25, 0.3) is 0 Å². The lowest BCUT2D eigenvalue weighted by Crippen LogP contribution is -2.29. The summed E-state index contributed by atoms with van der Waals surface area (Å²) in [5.41, 5.74) is 1.62. The molecule has 0 radical (unpaired) electrons. The van der Waals surface area contributed by atoms with Gasteiger partial charge in [0.1, 0.15) is 5.78 Å². The predicted octanol–water partition coefficient (Wildman–Crippen LogP) is 6.59. The molecule has 24 heavy (non-hydrogen) atoms. The molecule has 0 saturated carbocycles. The molecule has 2 rings (SSSR count). The maximum Gasteiger partial charge on any atom is 0.130 e. The number of hydrogen-bond acceptors (Lipinski definition) is 1. The van der Waals surface area contributed by atoms with Crippen molar-refractivity contribution in [3.05, 3.63) is 23.8 Å². The highest BCUT2D eigenvalue weighted by molar-refractivity contribution is 5.75. The first-order chi connectivity index (χ1) is 11.4. The molecule has 0 aromatic heterocycles. The second kappa shape index (κ2) is 9.02. The van der Waals surface area contributed by atoms with Crippen LogP contribution in [-0.2, 0) is 4.79 Å². The standard InChI is InChI=1S/C23H38O/c1-6-20(14-17(3)13-19(5)24)9-12-22-18(4)8-10-21-15-16(2)7-11-23(21)22/h8,10,15-18,20,22-23H,6-7,9,11-14H2,1-5H3. The second-order valence-corrected chi connectivity index (χ2v) is 8.81. The van der Waals surface area contributed by atoms with Crippen LogP contribution in [0.4, 0.5) is 0 Å². The van der Waals surface area contributed by atoms with Crippen LogP contribution >= 0.6 is 0 Å². The van der Waals surface area contributed by atoms with Gasteiger partial charge in [0.05, 0.1) is 0 Å². The van der Waals surface area contributed by atoms with Crippen LogP contribution in [0.1, 0.15) is 79.6 Å². The molecule has 6 atom stereocenters. The summed E-state index contributed by atoms with van der Waals surface area (Å²) >= 11 is 0. The van der Waals surface area contributed by atoms with Crippen molar-refractivity contribution in [3.8, 4) is 0 Å². The predicted molar refractivity (Wildman–Crippen MR) is 104 cm³/mol. The van der Waals surface area contributed by atoms with Crippen LogP contribution in [0, 0.1) is 35.5 Å². The number of rotatable bonds is 8. The third-order valence-electron chi connectivity index (χ3n) is 6.48. The van der Waals surface area contributed by atoms with E-state index in [1.807, 2.05) is 0 Å². The molecule has 6 unspecified atom stereocenters. The molecule has 0 aromatic rings. The smallest absolute Gasteiger partial charge is 0.130 e. The van der Waals surface area contributed by atoms with Crippen molar-refractivity contribution in [2.24, 2.45) is 35.5 Å². The number of allylic oxidation sites excluding steroid dienone is 4. The van der Waals surface area contributed by atoms with Crippen molar-refractivity contribution < 1.29 is 4.79 Å². The minimum absolute atomic E-state index is 0.342. The third-order valence-corrected chi connectivity index (χ3v) is 6.48. The van der Waals surface area contributed by atoms with Crippen molar-refractivity contribution in [1.82, 2.24) is 0 Å². The van der Waals surface area contributed by atoms with E-state index in [2.05, 4.69) is 45.9 Å². The van der Waals surface area contributed by atoms with E-state index in [0.717, 1.165) is 30.1 Å². The Kier molecular flexibility index (Phi) is 7.32. The second-order valence-electron chi connectivity index (χ2n) is 8.81. The Morgan fingerprint density at radius 3 is 2.71 bits per heavy atom. The van der Waals surface area contributed by atoms with Crippen molar-refractivity contribution in [2.45, 2.75) is 79.6 Å². The molecule has 0 amide bonds. The Balaban J connectivity index is 1.92. The van der Waals surface area contributed by atoms with Crippen molar-refractivity contribution in [1.29, 1.82) is 0 Å². The molecule has 0 N–H and O–H groups in total. The van der Waals surface area contributed by atoms with Crippen LogP contribution in [0.5, 0.6) is 0 Å². The number of Topliss-reactive ketones (excluding diaryl/α,β-unsaturated/α-hetero) is 1. The fourth-order valence-corrected chi connectivity index (χ4v) is 5.08. The van der Waals surface area contributed by atoms with E-state index in [-0.39, 0.29) is 0 Å². The lowest BCUT2D eigenvalue weighted by Gasteiger charge is -2.39.